The van der Waals surface area contributed by atoms with Crippen molar-refractivity contribution in [3.05, 3.63) is 75.7 Å². The first-order valence-corrected chi connectivity index (χ1v) is 11.1. The van der Waals surface area contributed by atoms with E-state index in [-0.39, 0.29) is 11.6 Å². The SMILES string of the molecule is COc1ccc(C2=C(c3cc(-c4cc(C(F)(F)F)cc(C(F)(F)F)c4)sc3C)CCC2)cc1. The molecule has 4 rings (SSSR count). The number of methoxy groups -OCH3 is 1. The van der Waals surface area contributed by atoms with Crippen LogP contribution in [-0.2, 0) is 12.4 Å². The number of hydrogen-bond acceptors (Lipinski definition) is 2. The molecule has 1 heterocycles. The molecule has 0 spiro atoms. The van der Waals surface area contributed by atoms with Gasteiger partial charge in [0.25, 0.3) is 0 Å². The smallest absolute Gasteiger partial charge is 0.416 e. The molecule has 2 aromatic carbocycles. The standard InChI is InChI=1S/C25H20F6OS/c1-14-22(21-5-3-4-20(21)15-6-8-19(32-2)9-7-15)13-23(33-14)16-10-17(24(26,27)28)12-18(11-16)25(29,30)31/h6-13H,3-5H2,1-2H3. The summed E-state index contributed by atoms with van der Waals surface area (Å²) >= 11 is 1.21. The van der Waals surface area contributed by atoms with Gasteiger partial charge in [-0.3, -0.25) is 0 Å². The van der Waals surface area contributed by atoms with Crippen LogP contribution in [0.2, 0.25) is 0 Å². The molecule has 0 fully saturated rings. The number of rotatable bonds is 4. The van der Waals surface area contributed by atoms with Gasteiger partial charge in [0.1, 0.15) is 5.75 Å². The number of halogens is 6. The quantitative estimate of drug-likeness (QED) is 0.338. The third kappa shape index (κ3) is 4.81. The molecule has 0 bridgehead atoms. The zero-order valence-corrected chi connectivity index (χ0v) is 18.6. The summed E-state index contributed by atoms with van der Waals surface area (Å²) in [5.74, 6) is 0.734. The van der Waals surface area contributed by atoms with E-state index < -0.39 is 23.5 Å². The van der Waals surface area contributed by atoms with E-state index >= 15 is 0 Å². The van der Waals surface area contributed by atoms with Crippen molar-refractivity contribution in [2.75, 3.05) is 7.11 Å². The first-order valence-electron chi connectivity index (χ1n) is 10.2. The minimum atomic E-state index is -4.87. The van der Waals surface area contributed by atoms with Gasteiger partial charge >= 0.3 is 12.4 Å². The largest absolute Gasteiger partial charge is 0.497 e. The summed E-state index contributed by atoms with van der Waals surface area (Å²) in [6, 6.07) is 11.1. The number of ether oxygens (including phenoxy) is 1. The van der Waals surface area contributed by atoms with Crippen LogP contribution in [0.15, 0.2) is 48.5 Å². The number of alkyl halides is 6. The third-order valence-corrected chi connectivity index (χ3v) is 6.87. The first-order chi connectivity index (χ1) is 15.5. The van der Waals surface area contributed by atoms with Gasteiger partial charge in [0, 0.05) is 9.75 Å². The molecule has 1 aliphatic rings. The molecular weight excluding hydrogens is 462 g/mol. The molecule has 0 N–H and O–H groups in total. The molecule has 0 atom stereocenters. The van der Waals surface area contributed by atoms with E-state index in [1.165, 1.54) is 11.3 Å². The van der Waals surface area contributed by atoms with E-state index in [0.717, 1.165) is 64.3 Å². The van der Waals surface area contributed by atoms with Crippen LogP contribution in [0, 0.1) is 6.92 Å². The van der Waals surface area contributed by atoms with E-state index in [0.29, 0.717) is 4.88 Å². The molecule has 1 aromatic heterocycles. The zero-order chi connectivity index (χ0) is 24.0. The van der Waals surface area contributed by atoms with Gasteiger partial charge in [-0.1, -0.05) is 12.1 Å². The number of benzene rings is 2. The highest BCUT2D eigenvalue weighted by Gasteiger charge is 2.37. The van der Waals surface area contributed by atoms with E-state index in [9.17, 15) is 26.3 Å². The van der Waals surface area contributed by atoms with Gasteiger partial charge in [-0.15, -0.1) is 11.3 Å². The summed E-state index contributed by atoms with van der Waals surface area (Å²) < 4.78 is 85.0. The Hall–Kier alpha value is -2.74. The average molecular weight is 482 g/mol. The molecule has 1 nitrogen and oxygen atoms in total. The molecule has 0 saturated carbocycles. The van der Waals surface area contributed by atoms with Crippen molar-refractivity contribution < 1.29 is 31.1 Å². The highest BCUT2D eigenvalue weighted by molar-refractivity contribution is 7.15. The maximum absolute atomic E-state index is 13.3. The monoisotopic (exact) mass is 482 g/mol. The molecular formula is C25H20F6OS. The van der Waals surface area contributed by atoms with Gasteiger partial charge in [0.15, 0.2) is 0 Å². The predicted molar refractivity (Wildman–Crippen MR) is 118 cm³/mol. The Morgan fingerprint density at radius 3 is 1.88 bits per heavy atom. The second-order valence-corrected chi connectivity index (χ2v) is 9.17. The summed E-state index contributed by atoms with van der Waals surface area (Å²) in [6.07, 6.45) is -7.16. The number of allylic oxidation sites excluding steroid dienone is 2. The second kappa shape index (κ2) is 8.56. The molecule has 0 saturated heterocycles. The lowest BCUT2D eigenvalue weighted by molar-refractivity contribution is -0.143. The fourth-order valence-corrected chi connectivity index (χ4v) is 5.21. The summed E-state index contributed by atoms with van der Waals surface area (Å²) in [4.78, 5) is 1.24. The lowest BCUT2D eigenvalue weighted by atomic mass is 9.96. The lowest BCUT2D eigenvalue weighted by Crippen LogP contribution is -2.10. The van der Waals surface area contributed by atoms with Crippen molar-refractivity contribution in [1.29, 1.82) is 0 Å². The van der Waals surface area contributed by atoms with Crippen LogP contribution in [0.25, 0.3) is 21.6 Å². The summed E-state index contributed by atoms with van der Waals surface area (Å²) in [5, 5.41) is 0. The molecule has 1 aliphatic carbocycles. The Balaban J connectivity index is 1.80. The number of thiophene rings is 1. The summed E-state index contributed by atoms with van der Waals surface area (Å²) in [6.45, 7) is 1.85. The summed E-state index contributed by atoms with van der Waals surface area (Å²) in [5.41, 5.74) is 1.45. The van der Waals surface area contributed by atoms with Crippen LogP contribution in [-0.4, -0.2) is 7.11 Å². The topological polar surface area (TPSA) is 9.23 Å². The zero-order valence-electron chi connectivity index (χ0n) is 17.8. The van der Waals surface area contributed by atoms with Crippen molar-refractivity contribution in [3.63, 3.8) is 0 Å². The predicted octanol–water partition coefficient (Wildman–Crippen LogP) is 8.86. The fraction of sp³-hybridized carbons (Fsp3) is 0.280. The van der Waals surface area contributed by atoms with E-state index in [1.807, 2.05) is 31.2 Å². The minimum Gasteiger partial charge on any atom is -0.497 e. The average Bonchev–Trinajstić information content (AvgIpc) is 3.38. The van der Waals surface area contributed by atoms with Crippen LogP contribution < -0.4 is 4.74 Å². The molecule has 33 heavy (non-hydrogen) atoms. The van der Waals surface area contributed by atoms with Crippen LogP contribution in [0.4, 0.5) is 26.3 Å². The normalized spacial score (nSPS) is 14.8. The van der Waals surface area contributed by atoms with Crippen LogP contribution in [0.5, 0.6) is 5.75 Å². The van der Waals surface area contributed by atoms with Gasteiger partial charge in [-0.25, -0.2) is 0 Å². The molecule has 0 amide bonds. The van der Waals surface area contributed by atoms with Crippen LogP contribution in [0.3, 0.4) is 0 Å². The molecule has 8 heteroatoms. The Bertz CT molecular complexity index is 1170. The number of aryl methyl sites for hydroxylation is 1. The van der Waals surface area contributed by atoms with E-state index in [4.69, 9.17) is 4.74 Å². The van der Waals surface area contributed by atoms with E-state index in [2.05, 4.69) is 0 Å². The molecule has 3 aromatic rings. The lowest BCUT2D eigenvalue weighted by Gasteiger charge is -2.13. The van der Waals surface area contributed by atoms with Gasteiger partial charge in [0.2, 0.25) is 0 Å². The molecule has 0 radical (unpaired) electrons. The number of hydrogen-bond donors (Lipinski definition) is 0. The van der Waals surface area contributed by atoms with Gasteiger partial charge in [-0.2, -0.15) is 26.3 Å². The Kier molecular flexibility index (Phi) is 6.07. The maximum Gasteiger partial charge on any atom is 0.416 e. The Morgan fingerprint density at radius 2 is 1.33 bits per heavy atom. The molecule has 0 unspecified atom stereocenters. The van der Waals surface area contributed by atoms with Gasteiger partial charge < -0.3 is 4.74 Å². The Morgan fingerprint density at radius 1 is 0.758 bits per heavy atom. The molecule has 174 valence electrons. The second-order valence-electron chi connectivity index (χ2n) is 7.91. The van der Waals surface area contributed by atoms with Crippen molar-refractivity contribution in [3.8, 4) is 16.2 Å². The van der Waals surface area contributed by atoms with Crippen LogP contribution >= 0.6 is 11.3 Å². The third-order valence-electron chi connectivity index (χ3n) is 5.77. The van der Waals surface area contributed by atoms with Gasteiger partial charge in [0.05, 0.1) is 18.2 Å². The first kappa shape index (κ1) is 23.4. The van der Waals surface area contributed by atoms with E-state index in [1.54, 1.807) is 13.2 Å². The van der Waals surface area contributed by atoms with Gasteiger partial charge in [-0.05, 0) is 90.4 Å². The van der Waals surface area contributed by atoms with Crippen LogP contribution in [0.1, 0.15) is 46.4 Å². The van der Waals surface area contributed by atoms with Crippen molar-refractivity contribution >= 4 is 22.5 Å². The molecule has 0 aliphatic heterocycles. The highest BCUT2D eigenvalue weighted by Crippen LogP contribution is 2.46. The Labute approximate surface area is 191 Å². The maximum atomic E-state index is 13.3. The summed E-state index contributed by atoms with van der Waals surface area (Å²) in [7, 11) is 1.59. The fourth-order valence-electron chi connectivity index (χ4n) is 4.17. The van der Waals surface area contributed by atoms with Crippen molar-refractivity contribution in [1.82, 2.24) is 0 Å². The minimum absolute atomic E-state index is 0.0823. The van der Waals surface area contributed by atoms with Crippen molar-refractivity contribution in [2.45, 2.75) is 38.5 Å². The highest BCUT2D eigenvalue weighted by atomic mass is 32.1. The van der Waals surface area contributed by atoms with Crippen molar-refractivity contribution in [2.24, 2.45) is 0 Å².